The Hall–Kier alpha value is -0.0800. The van der Waals surface area contributed by atoms with E-state index in [4.69, 9.17) is 0 Å². The Morgan fingerprint density at radius 3 is 1.04 bits per heavy atom. The molecule has 2 fully saturated rings. The van der Waals surface area contributed by atoms with Crippen LogP contribution in [0.1, 0.15) is 53.4 Å². The molecule has 0 bridgehead atoms. The molecule has 6 heteroatoms. The van der Waals surface area contributed by atoms with Crippen LogP contribution >= 0.6 is 15.8 Å². The number of rotatable bonds is 6. The molecule has 2 aliphatic rings. The van der Waals surface area contributed by atoms with E-state index in [-0.39, 0.29) is 22.6 Å². The van der Waals surface area contributed by atoms with Crippen molar-refractivity contribution in [2.45, 2.75) is 100 Å². The molecule has 0 unspecified atom stereocenters. The lowest BCUT2D eigenvalue weighted by molar-refractivity contribution is 0.0272. The summed E-state index contributed by atoms with van der Waals surface area (Å²) in [7, 11) is -1.41. The van der Waals surface area contributed by atoms with Crippen LogP contribution in [0.25, 0.3) is 0 Å². The van der Waals surface area contributed by atoms with Crippen LogP contribution in [0, 0.1) is 0 Å². The fourth-order valence-corrected chi connectivity index (χ4v) is 13.3. The van der Waals surface area contributed by atoms with E-state index in [0.717, 1.165) is 25.7 Å². The molecule has 28 heavy (non-hydrogen) atoms. The Labute approximate surface area is 171 Å². The number of aliphatic hydroxyl groups is 4. The summed E-state index contributed by atoms with van der Waals surface area (Å²) in [6.07, 6.45) is 0.768. The van der Waals surface area contributed by atoms with Crippen LogP contribution in [0.15, 0.2) is 24.3 Å². The molecule has 0 aliphatic carbocycles. The highest BCUT2D eigenvalue weighted by atomic mass is 31.1. The van der Waals surface area contributed by atoms with E-state index in [1.807, 2.05) is 0 Å². The molecule has 4 nitrogen and oxygen atoms in total. The fraction of sp³-hybridized carbons (Fsp3) is 0.727. The SMILES string of the molecule is CC[C@H]1[C@@H](O)[C@H](O)[C@H](CC)P1c1ccccc1P1[C@@H](CC)[C@@H](O)[C@H](O)[C@@H]1CC. The monoisotopic (exact) mass is 426 g/mol. The van der Waals surface area contributed by atoms with E-state index in [1.165, 1.54) is 10.6 Å². The zero-order chi connectivity index (χ0) is 20.6. The first kappa shape index (κ1) is 22.6. The quantitative estimate of drug-likeness (QED) is 0.527. The lowest BCUT2D eigenvalue weighted by Crippen LogP contribution is -2.32. The molecule has 4 N–H and O–H groups in total. The largest absolute Gasteiger partial charge is 0.390 e. The molecular formula is C22H36O4P2. The molecule has 0 spiro atoms. The molecule has 0 aromatic heterocycles. The van der Waals surface area contributed by atoms with Gasteiger partial charge in [0, 0.05) is 22.6 Å². The van der Waals surface area contributed by atoms with Gasteiger partial charge in [-0.05, 0) is 36.3 Å². The molecule has 2 heterocycles. The van der Waals surface area contributed by atoms with Gasteiger partial charge in [0.2, 0.25) is 0 Å². The van der Waals surface area contributed by atoms with Crippen molar-refractivity contribution < 1.29 is 20.4 Å². The van der Waals surface area contributed by atoms with E-state index in [0.29, 0.717) is 0 Å². The summed E-state index contributed by atoms with van der Waals surface area (Å²) >= 11 is 0. The van der Waals surface area contributed by atoms with Crippen molar-refractivity contribution in [3.8, 4) is 0 Å². The summed E-state index contributed by atoms with van der Waals surface area (Å²) in [6, 6.07) is 8.52. The van der Waals surface area contributed by atoms with Crippen molar-refractivity contribution in [1.82, 2.24) is 0 Å². The van der Waals surface area contributed by atoms with Crippen molar-refractivity contribution >= 4 is 26.5 Å². The smallest absolute Gasteiger partial charge is 0.0875 e. The molecule has 158 valence electrons. The molecule has 0 saturated carbocycles. The Bertz CT molecular complexity index is 570. The van der Waals surface area contributed by atoms with Crippen molar-refractivity contribution in [1.29, 1.82) is 0 Å². The standard InChI is InChI=1S/C22H36O4P2/c1-5-13-19(23)20(24)14(6-2)27(13)17-11-9-10-12-18(17)28-15(7-3)21(25)22(26)16(28)8-4/h9-16,19-26H,5-8H2,1-4H3/t13-,14-,15-,16-,19+,20+,21+,22+/m0/s1. The van der Waals surface area contributed by atoms with Gasteiger partial charge in [0.1, 0.15) is 0 Å². The summed E-state index contributed by atoms with van der Waals surface area (Å²) in [5.41, 5.74) is 0.403. The minimum Gasteiger partial charge on any atom is -0.390 e. The maximum absolute atomic E-state index is 10.7. The highest BCUT2D eigenvalue weighted by molar-refractivity contribution is 7.73. The zero-order valence-electron chi connectivity index (χ0n) is 17.4. The number of benzene rings is 1. The van der Waals surface area contributed by atoms with Crippen LogP contribution in [0.4, 0.5) is 0 Å². The predicted molar refractivity (Wildman–Crippen MR) is 120 cm³/mol. The third-order valence-corrected chi connectivity index (χ3v) is 14.4. The minimum atomic E-state index is -0.707. The fourth-order valence-electron chi connectivity index (χ4n) is 5.43. The molecule has 2 saturated heterocycles. The van der Waals surface area contributed by atoms with Crippen LogP contribution in [0.3, 0.4) is 0 Å². The number of hydrogen-bond donors (Lipinski definition) is 4. The summed E-state index contributed by atoms with van der Waals surface area (Å²) < 4.78 is 0. The zero-order valence-corrected chi connectivity index (χ0v) is 19.2. The van der Waals surface area contributed by atoms with Crippen LogP contribution in [0.5, 0.6) is 0 Å². The normalized spacial score (nSPS) is 43.6. The van der Waals surface area contributed by atoms with Crippen molar-refractivity contribution in [3.63, 3.8) is 0 Å². The van der Waals surface area contributed by atoms with Crippen LogP contribution in [-0.4, -0.2) is 67.5 Å². The van der Waals surface area contributed by atoms with Gasteiger partial charge >= 0.3 is 0 Å². The van der Waals surface area contributed by atoms with Crippen LogP contribution < -0.4 is 10.6 Å². The first-order valence-electron chi connectivity index (χ1n) is 10.8. The molecule has 0 radical (unpaired) electrons. The van der Waals surface area contributed by atoms with Crippen LogP contribution in [0.2, 0.25) is 0 Å². The highest BCUT2D eigenvalue weighted by Crippen LogP contribution is 2.61. The molecule has 2 aliphatic heterocycles. The Morgan fingerprint density at radius 2 is 0.821 bits per heavy atom. The second-order valence-corrected chi connectivity index (χ2v) is 13.4. The lowest BCUT2D eigenvalue weighted by Gasteiger charge is -2.33. The molecule has 8 atom stereocenters. The molecular weight excluding hydrogens is 390 g/mol. The summed E-state index contributed by atoms with van der Waals surface area (Å²) in [5.74, 6) is 0. The minimum absolute atomic E-state index is 0.101. The van der Waals surface area contributed by atoms with E-state index in [9.17, 15) is 20.4 Å². The Balaban J connectivity index is 2.10. The first-order chi connectivity index (χ1) is 13.4. The van der Waals surface area contributed by atoms with E-state index in [1.54, 1.807) is 0 Å². The van der Waals surface area contributed by atoms with Gasteiger partial charge in [-0.25, -0.2) is 0 Å². The third-order valence-electron chi connectivity index (χ3n) is 6.82. The van der Waals surface area contributed by atoms with Crippen molar-refractivity contribution in [2.75, 3.05) is 0 Å². The van der Waals surface area contributed by atoms with Gasteiger partial charge in [0.05, 0.1) is 24.4 Å². The lowest BCUT2D eigenvalue weighted by atomic mass is 10.1. The van der Waals surface area contributed by atoms with Gasteiger partial charge in [-0.1, -0.05) is 67.8 Å². The van der Waals surface area contributed by atoms with Crippen molar-refractivity contribution in [2.24, 2.45) is 0 Å². The molecule has 1 aromatic rings. The van der Waals surface area contributed by atoms with Crippen LogP contribution in [-0.2, 0) is 0 Å². The second-order valence-electron chi connectivity index (χ2n) is 8.17. The summed E-state index contributed by atoms with van der Waals surface area (Å²) in [5, 5.41) is 45.5. The average molecular weight is 426 g/mol. The molecule has 3 rings (SSSR count). The van der Waals surface area contributed by atoms with Gasteiger partial charge in [-0.2, -0.15) is 0 Å². The van der Waals surface area contributed by atoms with Gasteiger partial charge in [-0.15, -0.1) is 0 Å². The summed E-state index contributed by atoms with van der Waals surface area (Å²) in [6.45, 7) is 8.42. The molecule has 0 amide bonds. The maximum Gasteiger partial charge on any atom is 0.0875 e. The second kappa shape index (κ2) is 9.38. The highest BCUT2D eigenvalue weighted by Gasteiger charge is 2.52. The Kier molecular flexibility index (Phi) is 7.57. The predicted octanol–water partition coefficient (Wildman–Crippen LogP) is 2.49. The van der Waals surface area contributed by atoms with Crippen molar-refractivity contribution in [3.05, 3.63) is 24.3 Å². The van der Waals surface area contributed by atoms with E-state index >= 15 is 0 Å². The number of aliphatic hydroxyl groups excluding tert-OH is 4. The topological polar surface area (TPSA) is 80.9 Å². The number of hydrogen-bond acceptors (Lipinski definition) is 4. The Morgan fingerprint density at radius 1 is 0.571 bits per heavy atom. The first-order valence-corrected chi connectivity index (χ1v) is 13.8. The van der Waals surface area contributed by atoms with E-state index < -0.39 is 40.3 Å². The van der Waals surface area contributed by atoms with Gasteiger partial charge < -0.3 is 20.4 Å². The average Bonchev–Trinajstić information content (AvgIpc) is 3.11. The summed E-state index contributed by atoms with van der Waals surface area (Å²) in [4.78, 5) is 0. The molecule has 1 aromatic carbocycles. The maximum atomic E-state index is 10.7. The third kappa shape index (κ3) is 3.59. The van der Waals surface area contributed by atoms with Gasteiger partial charge in [-0.3, -0.25) is 0 Å². The van der Waals surface area contributed by atoms with Gasteiger partial charge in [0.15, 0.2) is 0 Å². The van der Waals surface area contributed by atoms with E-state index in [2.05, 4.69) is 52.0 Å². The van der Waals surface area contributed by atoms with Gasteiger partial charge in [0.25, 0.3) is 0 Å².